The van der Waals surface area contributed by atoms with Gasteiger partial charge in [0.05, 0.1) is 5.75 Å². The van der Waals surface area contributed by atoms with Crippen LogP contribution in [0.2, 0.25) is 0 Å². The van der Waals surface area contributed by atoms with Crippen LogP contribution < -0.4 is 5.32 Å². The normalized spacial score (nSPS) is 17.6. The molecule has 8 heteroatoms. The number of nitrogens with zero attached hydrogens (tertiary/aromatic N) is 3. The number of carbonyl (C=O) groups excluding carboxylic acids is 1. The quantitative estimate of drug-likeness (QED) is 0.804. The van der Waals surface area contributed by atoms with Gasteiger partial charge in [-0.25, -0.2) is 17.7 Å². The Morgan fingerprint density at radius 3 is 2.57 bits per heavy atom. The number of rotatable bonds is 7. The first kappa shape index (κ1) is 17.9. The summed E-state index contributed by atoms with van der Waals surface area (Å²) in [5.41, 5.74) is 0. The second kappa shape index (κ2) is 7.44. The number of imidazole rings is 1. The fourth-order valence-electron chi connectivity index (χ4n) is 2.77. The molecule has 0 spiro atoms. The number of amides is 1. The maximum absolute atomic E-state index is 12.3. The van der Waals surface area contributed by atoms with E-state index in [1.165, 1.54) is 4.31 Å². The van der Waals surface area contributed by atoms with Crippen molar-refractivity contribution in [1.82, 2.24) is 19.2 Å². The van der Waals surface area contributed by atoms with Crippen LogP contribution in [-0.2, 0) is 14.8 Å². The number of hydrogen-bond donors (Lipinski definition) is 1. The van der Waals surface area contributed by atoms with Crippen LogP contribution in [-0.4, -0.2) is 53.6 Å². The Labute approximate surface area is 138 Å². The Kier molecular flexibility index (Phi) is 5.80. The van der Waals surface area contributed by atoms with E-state index < -0.39 is 16.1 Å². The van der Waals surface area contributed by atoms with E-state index in [0.29, 0.717) is 13.1 Å². The molecule has 2 heterocycles. The van der Waals surface area contributed by atoms with E-state index in [0.717, 1.165) is 18.7 Å². The van der Waals surface area contributed by atoms with Crippen molar-refractivity contribution in [2.75, 3.05) is 25.4 Å². The Morgan fingerprint density at radius 2 is 1.96 bits per heavy atom. The zero-order valence-electron chi connectivity index (χ0n) is 14.0. The molecule has 2 rings (SSSR count). The average Bonchev–Trinajstić information content (AvgIpc) is 3.17. The predicted octanol–water partition coefficient (Wildman–Crippen LogP) is 1.11. The second-order valence-corrected chi connectivity index (χ2v) is 8.33. The lowest BCUT2D eigenvalue weighted by molar-refractivity contribution is -0.123. The minimum absolute atomic E-state index is 0.0492. The Balaban J connectivity index is 1.88. The minimum atomic E-state index is -3.26. The lowest BCUT2D eigenvalue weighted by Gasteiger charge is -2.19. The molecule has 1 aliphatic heterocycles. The molecule has 1 amide bonds. The Morgan fingerprint density at radius 1 is 1.30 bits per heavy atom. The highest BCUT2D eigenvalue weighted by molar-refractivity contribution is 7.89. The maximum Gasteiger partial charge on any atom is 0.242 e. The van der Waals surface area contributed by atoms with Gasteiger partial charge in [-0.05, 0) is 19.8 Å². The molecule has 0 bridgehead atoms. The topological polar surface area (TPSA) is 84.3 Å². The molecule has 0 aliphatic carbocycles. The molecular weight excluding hydrogens is 316 g/mol. The van der Waals surface area contributed by atoms with Gasteiger partial charge in [-0.15, -0.1) is 0 Å². The molecule has 1 aromatic heterocycles. The van der Waals surface area contributed by atoms with E-state index in [1.54, 1.807) is 19.3 Å². The summed E-state index contributed by atoms with van der Waals surface area (Å²) < 4.78 is 27.6. The van der Waals surface area contributed by atoms with Crippen LogP contribution in [0.15, 0.2) is 12.4 Å². The number of carbonyl (C=O) groups is 1. The minimum Gasteiger partial charge on any atom is -0.353 e. The van der Waals surface area contributed by atoms with Gasteiger partial charge in [0.25, 0.3) is 0 Å². The summed E-state index contributed by atoms with van der Waals surface area (Å²) in [5, 5.41) is 2.72. The van der Waals surface area contributed by atoms with E-state index in [9.17, 15) is 13.2 Å². The van der Waals surface area contributed by atoms with Crippen LogP contribution in [0.3, 0.4) is 0 Å². The molecule has 1 N–H and O–H groups in total. The lowest BCUT2D eigenvalue weighted by atomic mass is 10.2. The number of nitrogens with one attached hydrogen (secondary N) is 1. The fraction of sp³-hybridized carbons (Fsp3) is 0.733. The molecule has 1 saturated heterocycles. The third kappa shape index (κ3) is 4.32. The van der Waals surface area contributed by atoms with Crippen LogP contribution in [0.1, 0.15) is 51.4 Å². The smallest absolute Gasteiger partial charge is 0.242 e. The van der Waals surface area contributed by atoms with E-state index in [1.807, 2.05) is 18.4 Å². The SMILES string of the molecule is CC(C)c1nccn1[C@H](C)C(=O)NCCS(=O)(=O)N1CCCC1. The molecule has 1 atom stereocenters. The summed E-state index contributed by atoms with van der Waals surface area (Å²) in [5.74, 6) is 0.821. The van der Waals surface area contributed by atoms with Gasteiger partial charge in [0.15, 0.2) is 0 Å². The maximum atomic E-state index is 12.3. The van der Waals surface area contributed by atoms with Crippen LogP contribution in [0.25, 0.3) is 0 Å². The standard InChI is InChI=1S/C15H26N4O3S/c1-12(2)14-16-6-10-19(14)13(3)15(20)17-7-11-23(21,22)18-8-4-5-9-18/h6,10,12-13H,4-5,7-9,11H2,1-3H3,(H,17,20)/t13-/m1/s1. The third-order valence-corrected chi connectivity index (χ3v) is 6.00. The third-order valence-electron chi connectivity index (χ3n) is 4.13. The van der Waals surface area contributed by atoms with E-state index >= 15 is 0 Å². The first-order valence-electron chi connectivity index (χ1n) is 8.11. The van der Waals surface area contributed by atoms with Crippen LogP contribution >= 0.6 is 0 Å². The van der Waals surface area contributed by atoms with Gasteiger partial charge in [-0.2, -0.15) is 0 Å². The molecule has 0 aromatic carbocycles. The second-order valence-electron chi connectivity index (χ2n) is 6.24. The highest BCUT2D eigenvalue weighted by Crippen LogP contribution is 2.17. The van der Waals surface area contributed by atoms with Gasteiger partial charge in [0.1, 0.15) is 11.9 Å². The predicted molar refractivity (Wildman–Crippen MR) is 88.6 cm³/mol. The van der Waals surface area contributed by atoms with Gasteiger partial charge in [0, 0.05) is 37.9 Å². The van der Waals surface area contributed by atoms with Crippen molar-refractivity contribution >= 4 is 15.9 Å². The van der Waals surface area contributed by atoms with Gasteiger partial charge < -0.3 is 9.88 Å². The van der Waals surface area contributed by atoms with Crippen LogP contribution in [0.5, 0.6) is 0 Å². The fourth-order valence-corrected chi connectivity index (χ4v) is 4.20. The Hall–Kier alpha value is -1.41. The average molecular weight is 342 g/mol. The molecule has 130 valence electrons. The van der Waals surface area contributed by atoms with Crippen molar-refractivity contribution in [3.63, 3.8) is 0 Å². The lowest BCUT2D eigenvalue weighted by Crippen LogP contribution is -2.38. The van der Waals surface area contributed by atoms with Crippen molar-refractivity contribution in [1.29, 1.82) is 0 Å². The van der Waals surface area contributed by atoms with Crippen LogP contribution in [0.4, 0.5) is 0 Å². The number of aromatic nitrogens is 2. The zero-order chi connectivity index (χ0) is 17.0. The summed E-state index contributed by atoms with van der Waals surface area (Å²) in [4.78, 5) is 16.5. The van der Waals surface area contributed by atoms with E-state index in [4.69, 9.17) is 0 Å². The zero-order valence-corrected chi connectivity index (χ0v) is 14.8. The molecule has 0 unspecified atom stereocenters. The molecular formula is C15H26N4O3S. The first-order valence-corrected chi connectivity index (χ1v) is 9.72. The van der Waals surface area contributed by atoms with Crippen molar-refractivity contribution in [2.45, 2.75) is 45.6 Å². The molecule has 1 fully saturated rings. The van der Waals surface area contributed by atoms with Gasteiger partial charge in [-0.1, -0.05) is 13.8 Å². The molecule has 0 saturated carbocycles. The summed E-state index contributed by atoms with van der Waals surface area (Å²) in [7, 11) is -3.26. The van der Waals surface area contributed by atoms with Crippen molar-refractivity contribution < 1.29 is 13.2 Å². The van der Waals surface area contributed by atoms with Gasteiger partial charge in [0.2, 0.25) is 15.9 Å². The molecule has 0 radical (unpaired) electrons. The van der Waals surface area contributed by atoms with Gasteiger partial charge in [-0.3, -0.25) is 4.79 Å². The molecule has 1 aliphatic rings. The first-order chi connectivity index (χ1) is 10.8. The summed E-state index contributed by atoms with van der Waals surface area (Å²) in [6, 6.07) is -0.413. The molecule has 7 nitrogen and oxygen atoms in total. The van der Waals surface area contributed by atoms with Crippen LogP contribution in [0, 0.1) is 0 Å². The van der Waals surface area contributed by atoms with Crippen molar-refractivity contribution in [3.8, 4) is 0 Å². The Bertz CT molecular complexity index is 633. The highest BCUT2D eigenvalue weighted by Gasteiger charge is 2.25. The highest BCUT2D eigenvalue weighted by atomic mass is 32.2. The summed E-state index contributed by atoms with van der Waals surface area (Å²) in [6.45, 7) is 7.16. The number of hydrogen-bond acceptors (Lipinski definition) is 4. The monoisotopic (exact) mass is 342 g/mol. The van der Waals surface area contributed by atoms with Gasteiger partial charge >= 0.3 is 0 Å². The molecule has 1 aromatic rings. The van der Waals surface area contributed by atoms with E-state index in [2.05, 4.69) is 10.3 Å². The van der Waals surface area contributed by atoms with Crippen molar-refractivity contribution in [2.24, 2.45) is 0 Å². The summed E-state index contributed by atoms with van der Waals surface area (Å²) >= 11 is 0. The molecule has 23 heavy (non-hydrogen) atoms. The van der Waals surface area contributed by atoms with Crippen molar-refractivity contribution in [3.05, 3.63) is 18.2 Å². The number of sulfonamides is 1. The summed E-state index contributed by atoms with van der Waals surface area (Å²) in [6.07, 6.45) is 5.29. The largest absolute Gasteiger partial charge is 0.353 e. The van der Waals surface area contributed by atoms with E-state index in [-0.39, 0.29) is 24.1 Å².